The van der Waals surface area contributed by atoms with Crippen LogP contribution in [0.15, 0.2) is 65.9 Å². The Balaban J connectivity index is 1.37. The van der Waals surface area contributed by atoms with Crippen molar-refractivity contribution in [3.05, 3.63) is 71.8 Å². The van der Waals surface area contributed by atoms with Crippen LogP contribution in [0.1, 0.15) is 159 Å². The van der Waals surface area contributed by atoms with Gasteiger partial charge in [0.1, 0.15) is 23.1 Å². The van der Waals surface area contributed by atoms with Crippen LogP contribution in [0, 0.1) is 17.8 Å². The van der Waals surface area contributed by atoms with Crippen molar-refractivity contribution in [2.24, 2.45) is 22.9 Å². The Hall–Kier alpha value is -4.59. The van der Waals surface area contributed by atoms with Crippen LogP contribution in [-0.2, 0) is 9.57 Å². The van der Waals surface area contributed by atoms with E-state index in [1.54, 1.807) is 42.3 Å². The molecule has 13 heteroatoms. The lowest BCUT2D eigenvalue weighted by Crippen LogP contribution is -2.69. The summed E-state index contributed by atoms with van der Waals surface area (Å²) in [7, 11) is 1.77. The fourth-order valence-corrected chi connectivity index (χ4v) is 10.3. The predicted molar refractivity (Wildman–Crippen MR) is 256 cm³/mol. The Bertz CT molecular complexity index is 1980. The first-order chi connectivity index (χ1) is 31.9. The summed E-state index contributed by atoms with van der Waals surface area (Å²) in [6, 6.07) is 10.00. The van der Waals surface area contributed by atoms with E-state index in [1.807, 2.05) is 32.9 Å². The maximum Gasteiger partial charge on any atom is 0.412 e. The molecular formula is C53H77N3O10. The highest BCUT2D eigenvalue weighted by Crippen LogP contribution is 2.62. The van der Waals surface area contributed by atoms with E-state index in [4.69, 9.17) is 33.7 Å². The number of fused-ring (bicyclic) bond motifs is 3. The minimum atomic E-state index is -1.43. The third kappa shape index (κ3) is 12.7. The van der Waals surface area contributed by atoms with Crippen LogP contribution in [0.4, 0.5) is 4.79 Å². The Morgan fingerprint density at radius 1 is 0.894 bits per heavy atom. The van der Waals surface area contributed by atoms with Gasteiger partial charge in [0.25, 0.3) is 5.91 Å². The van der Waals surface area contributed by atoms with Crippen LogP contribution in [-0.4, -0.2) is 90.5 Å². The Morgan fingerprint density at radius 2 is 1.58 bits per heavy atom. The molecule has 0 spiro atoms. The summed E-state index contributed by atoms with van der Waals surface area (Å²) < 4.78 is 31.5. The first-order valence-electron chi connectivity index (χ1n) is 24.8. The lowest BCUT2D eigenvalue weighted by molar-refractivity contribution is -0.252. The average molecular weight is 916 g/mol. The van der Waals surface area contributed by atoms with E-state index in [2.05, 4.69) is 24.9 Å². The number of allylic oxidation sites excluding steroid dienone is 1. The Morgan fingerprint density at radius 3 is 2.27 bits per heavy atom. The van der Waals surface area contributed by atoms with Crippen LogP contribution in [0.2, 0.25) is 0 Å². The monoisotopic (exact) mass is 916 g/mol. The van der Waals surface area contributed by atoms with Gasteiger partial charge in [-0.2, -0.15) is 0 Å². The minimum absolute atomic E-state index is 0.0113. The number of rotatable bonds is 26. The molecule has 2 aliphatic heterocycles. The summed E-state index contributed by atoms with van der Waals surface area (Å²) in [5.74, 6) is -0.371. The van der Waals surface area contributed by atoms with Crippen molar-refractivity contribution in [2.75, 3.05) is 40.2 Å². The molecule has 13 nitrogen and oxygen atoms in total. The highest BCUT2D eigenvalue weighted by Gasteiger charge is 2.65. The highest BCUT2D eigenvalue weighted by atomic mass is 16.7. The molecule has 0 bridgehead atoms. The number of carbonyl (C=O) groups is 2. The smallest absolute Gasteiger partial charge is 0.412 e. The molecule has 0 aromatic heterocycles. The Labute approximate surface area is 393 Å². The average Bonchev–Trinajstić information content (AvgIpc) is 3.78. The zero-order chi connectivity index (χ0) is 47.1. The largest absolute Gasteiger partial charge is 0.459 e. The number of aliphatic hydroxyl groups excluding tert-OH is 2. The van der Waals surface area contributed by atoms with Gasteiger partial charge in [-0.1, -0.05) is 94.9 Å². The van der Waals surface area contributed by atoms with Gasteiger partial charge in [0.2, 0.25) is 12.6 Å². The van der Waals surface area contributed by atoms with Crippen molar-refractivity contribution in [3.8, 4) is 23.0 Å². The normalized spacial score (nSPS) is 23.3. The molecule has 4 aliphatic rings. The quantitative estimate of drug-likeness (QED) is 0.0471. The van der Waals surface area contributed by atoms with Crippen molar-refractivity contribution in [3.63, 3.8) is 0 Å². The van der Waals surface area contributed by atoms with Crippen LogP contribution < -0.4 is 24.3 Å². The predicted octanol–water partition coefficient (Wildman–Crippen LogP) is 10.6. The maximum atomic E-state index is 14.7. The van der Waals surface area contributed by atoms with Crippen LogP contribution in [0.5, 0.6) is 23.0 Å². The second-order valence-electron chi connectivity index (χ2n) is 19.5. The van der Waals surface area contributed by atoms with Crippen molar-refractivity contribution >= 4 is 17.7 Å². The molecule has 2 aromatic carbocycles. The lowest BCUT2D eigenvalue weighted by atomic mass is 9.55. The number of ether oxygens (including phenoxy) is 5. The lowest BCUT2D eigenvalue weighted by Gasteiger charge is -2.59. The maximum absolute atomic E-state index is 14.7. The van der Waals surface area contributed by atoms with Crippen molar-refractivity contribution in [2.45, 2.75) is 160 Å². The van der Waals surface area contributed by atoms with Gasteiger partial charge in [-0.15, -0.1) is 6.58 Å². The van der Waals surface area contributed by atoms with Crippen LogP contribution in [0.25, 0.3) is 0 Å². The van der Waals surface area contributed by atoms with Gasteiger partial charge in [-0.05, 0) is 107 Å². The van der Waals surface area contributed by atoms with Crippen LogP contribution >= 0.6 is 0 Å². The van der Waals surface area contributed by atoms with E-state index < -0.39 is 29.4 Å². The standard InChI is InChI=1S/C53H77N3O10/c1-7-9-10-11-12-13-14-15-16-19-28-54-51(60)64-39-25-27-44-42(34-39)48-40(23-18-21-30-58)37(22-17-20-29-57)32-41-43(55-66-52(3,4)5)35-47(53(65-44,49(41)48)63-31-8-2)56(6)50(59)38-24-26-45-46(33-38)62-36-61-45/h8,24-27,32-34,37,40,47-49,57-58H,2,7,9-23,28-31,35-36H2,1,3-6H3,(H,54,60)/t37-,40+,47-,48+,49+,53+/m0/s1. The number of nitrogens with one attached hydrogen (secondary N) is 1. The molecule has 6 atom stereocenters. The van der Waals surface area contributed by atoms with Crippen molar-refractivity contribution in [1.29, 1.82) is 0 Å². The molecule has 66 heavy (non-hydrogen) atoms. The van der Waals surface area contributed by atoms with E-state index in [-0.39, 0.29) is 56.7 Å². The van der Waals surface area contributed by atoms with Gasteiger partial charge < -0.3 is 49.0 Å². The van der Waals surface area contributed by atoms with E-state index in [0.717, 1.165) is 56.1 Å². The molecule has 1 saturated carbocycles. The second kappa shape index (κ2) is 24.4. The van der Waals surface area contributed by atoms with Gasteiger partial charge in [-0.3, -0.25) is 4.79 Å². The summed E-state index contributed by atoms with van der Waals surface area (Å²) in [4.78, 5) is 36.0. The molecule has 0 radical (unpaired) electrons. The van der Waals surface area contributed by atoms with Gasteiger partial charge in [0.05, 0.1) is 18.2 Å². The zero-order valence-corrected chi connectivity index (χ0v) is 40.3. The summed E-state index contributed by atoms with van der Waals surface area (Å²) in [5.41, 5.74) is 2.29. The highest BCUT2D eigenvalue weighted by molar-refractivity contribution is 6.03. The summed E-state index contributed by atoms with van der Waals surface area (Å²) in [6.07, 6.45) is 20.3. The first-order valence-corrected chi connectivity index (χ1v) is 24.8. The molecule has 2 aromatic rings. The SMILES string of the molecule is C=CCO[C@@]12Oc3ccc(OC(=O)NCCCCCCCCCCCC)cc3[C@H]3[C@H](CCCCO)[C@@H](CCCCO)C=C(C(=NOC(C)(C)C)C[C@@H]1N(C)C(=O)c1ccc4c(c1)OCO4)[C@H]32. The van der Waals surface area contributed by atoms with Gasteiger partial charge >= 0.3 is 6.09 Å². The summed E-state index contributed by atoms with van der Waals surface area (Å²) in [6.45, 7) is 13.0. The van der Waals surface area contributed by atoms with E-state index in [9.17, 15) is 19.8 Å². The summed E-state index contributed by atoms with van der Waals surface area (Å²) >= 11 is 0. The molecule has 0 unspecified atom stereocenters. The van der Waals surface area contributed by atoms with E-state index in [1.165, 1.54) is 44.9 Å². The third-order valence-electron chi connectivity index (χ3n) is 13.5. The molecular weight excluding hydrogens is 839 g/mol. The molecule has 0 saturated heterocycles. The number of carbonyl (C=O) groups excluding carboxylic acids is 2. The topological polar surface area (TPSA) is 158 Å². The second-order valence-corrected chi connectivity index (χ2v) is 19.5. The number of hydrogen-bond acceptors (Lipinski definition) is 11. The van der Waals surface area contributed by atoms with Gasteiger partial charge in [0, 0.05) is 50.3 Å². The number of nitrogens with zero attached hydrogens (tertiary/aromatic N) is 2. The molecule has 1 fully saturated rings. The number of unbranched alkanes of at least 4 members (excludes halogenated alkanes) is 11. The molecule has 364 valence electrons. The van der Waals surface area contributed by atoms with E-state index >= 15 is 0 Å². The van der Waals surface area contributed by atoms with E-state index in [0.29, 0.717) is 53.7 Å². The number of oxime groups is 1. The minimum Gasteiger partial charge on any atom is -0.459 e. The summed E-state index contributed by atoms with van der Waals surface area (Å²) in [5, 5.41) is 27.7. The number of likely N-dealkylation sites (N-methyl/N-ethyl adjacent to an activating group) is 1. The molecule has 2 amide bonds. The fourth-order valence-electron chi connectivity index (χ4n) is 10.3. The number of benzene rings is 2. The molecule has 2 heterocycles. The first kappa shape index (κ1) is 50.8. The number of aliphatic hydroxyl groups is 2. The molecule has 3 N–H and O–H groups in total. The fraction of sp³-hybridized carbons (Fsp3) is 0.642. The molecule has 2 aliphatic carbocycles. The van der Waals surface area contributed by atoms with Gasteiger partial charge in [-0.25, -0.2) is 4.79 Å². The third-order valence-corrected chi connectivity index (χ3v) is 13.5. The van der Waals surface area contributed by atoms with Crippen molar-refractivity contribution in [1.82, 2.24) is 10.2 Å². The van der Waals surface area contributed by atoms with Gasteiger partial charge in [0.15, 0.2) is 11.5 Å². The Kier molecular flexibility index (Phi) is 18.8. The zero-order valence-electron chi connectivity index (χ0n) is 40.3. The number of amides is 2. The van der Waals surface area contributed by atoms with Crippen molar-refractivity contribution < 1.29 is 48.3 Å². The number of hydrogen-bond donors (Lipinski definition) is 3. The van der Waals surface area contributed by atoms with Crippen LogP contribution in [0.3, 0.4) is 0 Å². The molecule has 6 rings (SSSR count).